The van der Waals surface area contributed by atoms with E-state index in [2.05, 4.69) is 37.1 Å². The van der Waals surface area contributed by atoms with E-state index >= 15 is 0 Å². The smallest absolute Gasteiger partial charge is 0.118 e. The first-order valence-electron chi connectivity index (χ1n) is 7.76. The molecule has 0 spiro atoms. The Morgan fingerprint density at radius 1 is 1.37 bits per heavy atom. The van der Waals surface area contributed by atoms with Crippen molar-refractivity contribution < 1.29 is 4.42 Å². The summed E-state index contributed by atoms with van der Waals surface area (Å²) in [5.41, 5.74) is 1.35. The third kappa shape index (κ3) is 4.66. The standard InChI is InChI=1S/C16H28N2O/c1-4-6-9-18(5-2)12-14-10-16(19-13(14)3)11-17-15-7-8-15/h10,15,17H,4-9,11-12H2,1-3H3. The van der Waals surface area contributed by atoms with Gasteiger partial charge in [-0.15, -0.1) is 0 Å². The van der Waals surface area contributed by atoms with Crippen LogP contribution in [0.2, 0.25) is 0 Å². The Labute approximate surface area is 117 Å². The molecule has 0 amide bonds. The van der Waals surface area contributed by atoms with Gasteiger partial charge in [0.1, 0.15) is 11.5 Å². The summed E-state index contributed by atoms with van der Waals surface area (Å²) in [4.78, 5) is 2.50. The highest BCUT2D eigenvalue weighted by atomic mass is 16.3. The molecule has 0 saturated heterocycles. The van der Waals surface area contributed by atoms with Gasteiger partial charge >= 0.3 is 0 Å². The lowest BCUT2D eigenvalue weighted by atomic mass is 10.2. The molecule has 1 aromatic rings. The van der Waals surface area contributed by atoms with E-state index in [1.165, 1.54) is 37.8 Å². The summed E-state index contributed by atoms with van der Waals surface area (Å²) in [5, 5.41) is 3.51. The SMILES string of the molecule is CCCCN(CC)Cc1cc(CNC2CC2)oc1C. The summed E-state index contributed by atoms with van der Waals surface area (Å²) < 4.78 is 5.85. The van der Waals surface area contributed by atoms with Crippen molar-refractivity contribution >= 4 is 0 Å². The molecule has 0 bridgehead atoms. The number of hydrogen-bond acceptors (Lipinski definition) is 3. The fourth-order valence-corrected chi connectivity index (χ4v) is 2.34. The van der Waals surface area contributed by atoms with Gasteiger partial charge in [-0.3, -0.25) is 4.90 Å². The van der Waals surface area contributed by atoms with E-state index in [4.69, 9.17) is 4.42 Å². The maximum absolute atomic E-state index is 5.85. The highest BCUT2D eigenvalue weighted by molar-refractivity contribution is 5.20. The molecule has 0 aliphatic heterocycles. The third-order valence-corrected chi connectivity index (χ3v) is 3.88. The molecular formula is C16H28N2O. The molecule has 0 radical (unpaired) electrons. The van der Waals surface area contributed by atoms with Crippen LogP contribution in [-0.2, 0) is 13.1 Å². The minimum atomic E-state index is 0.741. The van der Waals surface area contributed by atoms with Crippen LogP contribution in [0, 0.1) is 6.92 Å². The number of hydrogen-bond donors (Lipinski definition) is 1. The van der Waals surface area contributed by atoms with Crippen molar-refractivity contribution in [2.75, 3.05) is 13.1 Å². The number of rotatable bonds is 9. The second kappa shape index (κ2) is 7.11. The molecule has 0 atom stereocenters. The Morgan fingerprint density at radius 2 is 2.16 bits per heavy atom. The largest absolute Gasteiger partial charge is 0.465 e. The van der Waals surface area contributed by atoms with E-state index < -0.39 is 0 Å². The van der Waals surface area contributed by atoms with Gasteiger partial charge < -0.3 is 9.73 Å². The molecule has 2 rings (SSSR count). The normalized spacial score (nSPS) is 15.4. The predicted octanol–water partition coefficient (Wildman–Crippen LogP) is 3.46. The number of unbranched alkanes of at least 4 members (excludes halogenated alkanes) is 1. The van der Waals surface area contributed by atoms with E-state index in [0.29, 0.717) is 0 Å². The number of nitrogens with zero attached hydrogens (tertiary/aromatic N) is 1. The van der Waals surface area contributed by atoms with Crippen molar-refractivity contribution in [1.29, 1.82) is 0 Å². The van der Waals surface area contributed by atoms with Crippen molar-refractivity contribution in [2.45, 2.75) is 65.6 Å². The van der Waals surface area contributed by atoms with Crippen molar-refractivity contribution in [3.05, 3.63) is 23.2 Å². The molecule has 108 valence electrons. The van der Waals surface area contributed by atoms with Crippen LogP contribution in [0.3, 0.4) is 0 Å². The van der Waals surface area contributed by atoms with E-state index in [1.807, 2.05) is 0 Å². The molecule has 1 saturated carbocycles. The average Bonchev–Trinajstić information content (AvgIpc) is 3.17. The molecule has 3 heteroatoms. The molecule has 3 nitrogen and oxygen atoms in total. The Hall–Kier alpha value is -0.800. The number of furan rings is 1. The van der Waals surface area contributed by atoms with Crippen LogP contribution < -0.4 is 5.32 Å². The fraction of sp³-hybridized carbons (Fsp3) is 0.750. The van der Waals surface area contributed by atoms with Gasteiger partial charge in [-0.05, 0) is 45.3 Å². The maximum atomic E-state index is 5.85. The van der Waals surface area contributed by atoms with Gasteiger partial charge in [0, 0.05) is 18.2 Å². The van der Waals surface area contributed by atoms with Crippen LogP contribution in [0.25, 0.3) is 0 Å². The van der Waals surface area contributed by atoms with E-state index in [-0.39, 0.29) is 0 Å². The van der Waals surface area contributed by atoms with Crippen molar-refractivity contribution in [3.63, 3.8) is 0 Å². The number of nitrogens with one attached hydrogen (secondary N) is 1. The molecule has 19 heavy (non-hydrogen) atoms. The maximum Gasteiger partial charge on any atom is 0.118 e. The molecule has 1 aromatic heterocycles. The summed E-state index contributed by atoms with van der Waals surface area (Å²) in [6, 6.07) is 2.98. The molecule has 1 N–H and O–H groups in total. The van der Waals surface area contributed by atoms with Crippen molar-refractivity contribution in [2.24, 2.45) is 0 Å². The second-order valence-electron chi connectivity index (χ2n) is 5.67. The fourth-order valence-electron chi connectivity index (χ4n) is 2.34. The summed E-state index contributed by atoms with van der Waals surface area (Å²) in [6.07, 6.45) is 5.19. The van der Waals surface area contributed by atoms with Gasteiger partial charge in [0.25, 0.3) is 0 Å². The molecule has 1 heterocycles. The van der Waals surface area contributed by atoms with Crippen LogP contribution in [0.5, 0.6) is 0 Å². The van der Waals surface area contributed by atoms with Crippen LogP contribution >= 0.6 is 0 Å². The second-order valence-corrected chi connectivity index (χ2v) is 5.67. The Kier molecular flexibility index (Phi) is 5.46. The quantitative estimate of drug-likeness (QED) is 0.740. The summed E-state index contributed by atoms with van der Waals surface area (Å²) in [6.45, 7) is 10.8. The molecule has 0 aromatic carbocycles. The first-order chi connectivity index (χ1) is 9.22. The highest BCUT2D eigenvalue weighted by Crippen LogP contribution is 2.21. The zero-order valence-corrected chi connectivity index (χ0v) is 12.7. The Balaban J connectivity index is 1.86. The van der Waals surface area contributed by atoms with Crippen LogP contribution in [-0.4, -0.2) is 24.0 Å². The number of aryl methyl sites for hydroxylation is 1. The van der Waals surface area contributed by atoms with Gasteiger partial charge in [0.2, 0.25) is 0 Å². The minimum absolute atomic E-state index is 0.741. The molecule has 1 aliphatic carbocycles. The summed E-state index contributed by atoms with van der Waals surface area (Å²) in [7, 11) is 0. The van der Waals surface area contributed by atoms with Gasteiger partial charge in [-0.25, -0.2) is 0 Å². The van der Waals surface area contributed by atoms with Crippen LogP contribution in [0.15, 0.2) is 10.5 Å². The molecular weight excluding hydrogens is 236 g/mol. The summed E-state index contributed by atoms with van der Waals surface area (Å²) >= 11 is 0. The molecule has 1 fully saturated rings. The Bertz CT molecular complexity index is 382. The third-order valence-electron chi connectivity index (χ3n) is 3.88. The van der Waals surface area contributed by atoms with Gasteiger partial charge in [0.05, 0.1) is 6.54 Å². The monoisotopic (exact) mass is 264 g/mol. The predicted molar refractivity (Wildman–Crippen MR) is 79.2 cm³/mol. The highest BCUT2D eigenvalue weighted by Gasteiger charge is 2.21. The lowest BCUT2D eigenvalue weighted by molar-refractivity contribution is 0.273. The van der Waals surface area contributed by atoms with Crippen LogP contribution in [0.4, 0.5) is 0 Å². The minimum Gasteiger partial charge on any atom is -0.465 e. The van der Waals surface area contributed by atoms with Gasteiger partial charge in [0.15, 0.2) is 0 Å². The summed E-state index contributed by atoms with van der Waals surface area (Å²) in [5.74, 6) is 2.17. The van der Waals surface area contributed by atoms with Crippen LogP contribution in [0.1, 0.15) is 56.6 Å². The topological polar surface area (TPSA) is 28.4 Å². The van der Waals surface area contributed by atoms with Crippen molar-refractivity contribution in [3.8, 4) is 0 Å². The lowest BCUT2D eigenvalue weighted by Crippen LogP contribution is -2.24. The zero-order chi connectivity index (χ0) is 13.7. The van der Waals surface area contributed by atoms with Gasteiger partial charge in [-0.1, -0.05) is 20.3 Å². The molecule has 1 aliphatic rings. The first kappa shape index (κ1) is 14.6. The van der Waals surface area contributed by atoms with Gasteiger partial charge in [-0.2, -0.15) is 0 Å². The first-order valence-corrected chi connectivity index (χ1v) is 7.76. The Morgan fingerprint density at radius 3 is 2.79 bits per heavy atom. The van der Waals surface area contributed by atoms with E-state index in [1.54, 1.807) is 0 Å². The van der Waals surface area contributed by atoms with E-state index in [0.717, 1.165) is 37.2 Å². The average molecular weight is 264 g/mol. The van der Waals surface area contributed by atoms with E-state index in [9.17, 15) is 0 Å². The lowest BCUT2D eigenvalue weighted by Gasteiger charge is -2.19. The molecule has 0 unspecified atom stereocenters. The van der Waals surface area contributed by atoms with Crippen molar-refractivity contribution in [1.82, 2.24) is 10.2 Å². The zero-order valence-electron chi connectivity index (χ0n) is 12.7.